The maximum Gasteiger partial charge on any atom is 0.236 e. The maximum absolute atomic E-state index is 10.9. The molecule has 3 N–H and O–H groups in total. The van der Waals surface area contributed by atoms with Gasteiger partial charge in [-0.05, 0) is 18.8 Å². The molecule has 0 radical (unpaired) electrons. The normalized spacial score (nSPS) is 21.4. The molecule has 1 rings (SSSR count). The lowest BCUT2D eigenvalue weighted by atomic mass is 9.80. The van der Waals surface area contributed by atoms with E-state index in [1.54, 1.807) is 7.05 Å². The Bertz CT molecular complexity index is 132. The standard InChI is InChI=1S/C7H14N2O/c1-9-7(10)6(8)5-3-2-4-5/h5-6H,2-4,8H2,1H3,(H,9,10). The molecule has 0 aliphatic heterocycles. The highest BCUT2D eigenvalue weighted by Crippen LogP contribution is 2.28. The Morgan fingerprint density at radius 2 is 2.30 bits per heavy atom. The number of likely N-dealkylation sites (N-methyl/N-ethyl adjacent to an activating group) is 1. The van der Waals surface area contributed by atoms with Crippen molar-refractivity contribution in [3.05, 3.63) is 0 Å². The number of hydrogen-bond acceptors (Lipinski definition) is 2. The fourth-order valence-electron chi connectivity index (χ4n) is 1.18. The summed E-state index contributed by atoms with van der Waals surface area (Å²) in [4.78, 5) is 10.9. The highest BCUT2D eigenvalue weighted by molar-refractivity contribution is 5.81. The number of nitrogens with one attached hydrogen (secondary N) is 1. The highest BCUT2D eigenvalue weighted by atomic mass is 16.2. The Morgan fingerprint density at radius 3 is 2.60 bits per heavy atom. The summed E-state index contributed by atoms with van der Waals surface area (Å²) >= 11 is 0. The van der Waals surface area contributed by atoms with Gasteiger partial charge < -0.3 is 11.1 Å². The van der Waals surface area contributed by atoms with Gasteiger partial charge in [-0.2, -0.15) is 0 Å². The van der Waals surface area contributed by atoms with Gasteiger partial charge in [-0.1, -0.05) is 6.42 Å². The first-order valence-electron chi connectivity index (χ1n) is 3.73. The molecule has 1 saturated carbocycles. The first-order chi connectivity index (χ1) is 4.75. The third-order valence-electron chi connectivity index (χ3n) is 2.21. The molecule has 3 heteroatoms. The van der Waals surface area contributed by atoms with Crippen molar-refractivity contribution in [2.75, 3.05) is 7.05 Å². The third-order valence-corrected chi connectivity index (χ3v) is 2.21. The van der Waals surface area contributed by atoms with Crippen molar-refractivity contribution < 1.29 is 4.79 Å². The van der Waals surface area contributed by atoms with Gasteiger partial charge in [-0.25, -0.2) is 0 Å². The number of rotatable bonds is 2. The van der Waals surface area contributed by atoms with Gasteiger partial charge in [-0.15, -0.1) is 0 Å². The van der Waals surface area contributed by atoms with Crippen molar-refractivity contribution in [1.82, 2.24) is 5.32 Å². The van der Waals surface area contributed by atoms with Crippen molar-refractivity contribution in [2.24, 2.45) is 11.7 Å². The van der Waals surface area contributed by atoms with Gasteiger partial charge in [0.1, 0.15) is 0 Å². The zero-order valence-corrected chi connectivity index (χ0v) is 6.26. The predicted molar refractivity (Wildman–Crippen MR) is 39.4 cm³/mol. The molecule has 0 aromatic heterocycles. The molecule has 0 saturated heterocycles. The first kappa shape index (κ1) is 7.54. The highest BCUT2D eigenvalue weighted by Gasteiger charge is 2.28. The molecule has 0 spiro atoms. The van der Waals surface area contributed by atoms with Crippen LogP contribution in [-0.2, 0) is 4.79 Å². The topological polar surface area (TPSA) is 55.1 Å². The van der Waals surface area contributed by atoms with Crippen LogP contribution < -0.4 is 11.1 Å². The summed E-state index contributed by atoms with van der Waals surface area (Å²) in [6.07, 6.45) is 3.47. The van der Waals surface area contributed by atoms with Gasteiger partial charge in [0.25, 0.3) is 0 Å². The zero-order valence-electron chi connectivity index (χ0n) is 6.26. The van der Waals surface area contributed by atoms with E-state index in [0.717, 1.165) is 12.8 Å². The Balaban J connectivity index is 2.31. The Hall–Kier alpha value is -0.570. The summed E-state index contributed by atoms with van der Waals surface area (Å²) in [6.45, 7) is 0. The minimum absolute atomic E-state index is 0.0234. The van der Waals surface area contributed by atoms with E-state index in [0.29, 0.717) is 5.92 Å². The molecule has 1 fully saturated rings. The number of hydrogen-bond donors (Lipinski definition) is 2. The van der Waals surface area contributed by atoms with Crippen molar-refractivity contribution in [3.8, 4) is 0 Å². The second-order valence-corrected chi connectivity index (χ2v) is 2.83. The maximum atomic E-state index is 10.9. The van der Waals surface area contributed by atoms with Crippen LogP contribution in [0.25, 0.3) is 0 Å². The molecule has 0 heterocycles. The number of amides is 1. The molecule has 1 unspecified atom stereocenters. The van der Waals surface area contributed by atoms with Crippen LogP contribution in [0.4, 0.5) is 0 Å². The first-order valence-corrected chi connectivity index (χ1v) is 3.73. The van der Waals surface area contributed by atoms with Gasteiger partial charge >= 0.3 is 0 Å². The zero-order chi connectivity index (χ0) is 7.56. The van der Waals surface area contributed by atoms with Crippen LogP contribution in [0.15, 0.2) is 0 Å². The van der Waals surface area contributed by atoms with Gasteiger partial charge in [0.05, 0.1) is 6.04 Å². The lowest BCUT2D eigenvalue weighted by Crippen LogP contribution is -2.46. The van der Waals surface area contributed by atoms with E-state index in [9.17, 15) is 4.79 Å². The number of carbonyl (C=O) groups excluding carboxylic acids is 1. The smallest absolute Gasteiger partial charge is 0.236 e. The molecule has 0 aromatic carbocycles. The third kappa shape index (κ3) is 1.29. The molecule has 1 aliphatic rings. The van der Waals surface area contributed by atoms with Crippen molar-refractivity contribution in [3.63, 3.8) is 0 Å². The van der Waals surface area contributed by atoms with Crippen LogP contribution in [0.1, 0.15) is 19.3 Å². The van der Waals surface area contributed by atoms with Gasteiger partial charge in [0.15, 0.2) is 0 Å². The van der Waals surface area contributed by atoms with Crippen molar-refractivity contribution in [1.29, 1.82) is 0 Å². The summed E-state index contributed by atoms with van der Waals surface area (Å²) in [5, 5.41) is 2.55. The average Bonchev–Trinajstić information content (AvgIpc) is 1.82. The van der Waals surface area contributed by atoms with Gasteiger partial charge in [-0.3, -0.25) is 4.79 Å². The predicted octanol–water partition coefficient (Wildman–Crippen LogP) is -0.140. The Kier molecular flexibility index (Phi) is 2.27. The minimum Gasteiger partial charge on any atom is -0.358 e. The number of nitrogens with two attached hydrogens (primary N) is 1. The van der Waals surface area contributed by atoms with E-state index in [1.807, 2.05) is 0 Å². The fraction of sp³-hybridized carbons (Fsp3) is 0.857. The van der Waals surface area contributed by atoms with E-state index in [4.69, 9.17) is 5.73 Å². The molecule has 3 nitrogen and oxygen atoms in total. The molecule has 0 bridgehead atoms. The van der Waals surface area contributed by atoms with E-state index < -0.39 is 0 Å². The molecule has 1 aliphatic carbocycles. The largest absolute Gasteiger partial charge is 0.358 e. The average molecular weight is 142 g/mol. The molecular weight excluding hydrogens is 128 g/mol. The SMILES string of the molecule is CNC(=O)C(N)C1CCC1. The summed E-state index contributed by atoms with van der Waals surface area (Å²) in [5.41, 5.74) is 5.62. The van der Waals surface area contributed by atoms with Crippen LogP contribution in [0, 0.1) is 5.92 Å². The number of carbonyl (C=O) groups is 1. The second kappa shape index (κ2) is 3.01. The summed E-state index contributed by atoms with van der Waals surface area (Å²) in [7, 11) is 1.63. The molecule has 10 heavy (non-hydrogen) atoms. The summed E-state index contributed by atoms with van der Waals surface area (Å²) < 4.78 is 0. The molecule has 0 aromatic rings. The Morgan fingerprint density at radius 1 is 1.70 bits per heavy atom. The Labute approximate surface area is 61.0 Å². The summed E-state index contributed by atoms with van der Waals surface area (Å²) in [5.74, 6) is 0.421. The quantitative estimate of drug-likeness (QED) is 0.564. The fourth-order valence-corrected chi connectivity index (χ4v) is 1.18. The van der Waals surface area contributed by atoms with Crippen LogP contribution in [0.3, 0.4) is 0 Å². The van der Waals surface area contributed by atoms with Crippen LogP contribution >= 0.6 is 0 Å². The van der Waals surface area contributed by atoms with Gasteiger partial charge in [0.2, 0.25) is 5.91 Å². The molecular formula is C7H14N2O. The van der Waals surface area contributed by atoms with E-state index in [1.165, 1.54) is 6.42 Å². The van der Waals surface area contributed by atoms with E-state index in [-0.39, 0.29) is 11.9 Å². The van der Waals surface area contributed by atoms with Crippen LogP contribution in [0.5, 0.6) is 0 Å². The minimum atomic E-state index is -0.265. The molecule has 1 amide bonds. The van der Waals surface area contributed by atoms with E-state index >= 15 is 0 Å². The van der Waals surface area contributed by atoms with Crippen molar-refractivity contribution >= 4 is 5.91 Å². The second-order valence-electron chi connectivity index (χ2n) is 2.83. The lowest BCUT2D eigenvalue weighted by Gasteiger charge is -2.29. The van der Waals surface area contributed by atoms with E-state index in [2.05, 4.69) is 5.32 Å². The van der Waals surface area contributed by atoms with Crippen LogP contribution in [0.2, 0.25) is 0 Å². The van der Waals surface area contributed by atoms with Crippen LogP contribution in [-0.4, -0.2) is 19.0 Å². The van der Waals surface area contributed by atoms with Gasteiger partial charge in [0, 0.05) is 7.05 Å². The molecule has 58 valence electrons. The van der Waals surface area contributed by atoms with Crippen molar-refractivity contribution in [2.45, 2.75) is 25.3 Å². The monoisotopic (exact) mass is 142 g/mol. The summed E-state index contributed by atoms with van der Waals surface area (Å²) in [6, 6.07) is -0.265. The lowest BCUT2D eigenvalue weighted by molar-refractivity contribution is -0.123. The molecule has 1 atom stereocenters.